The molecule has 0 heterocycles. The molecule has 1 rings (SSSR count). The van der Waals surface area contributed by atoms with E-state index in [2.05, 4.69) is 37.4 Å². The van der Waals surface area contributed by atoms with Gasteiger partial charge in [0, 0.05) is 0 Å². The minimum absolute atomic E-state index is 0.101. The molecule has 0 unspecified atom stereocenters. The van der Waals surface area contributed by atoms with Gasteiger partial charge < -0.3 is 4.74 Å². The normalized spacial score (nSPS) is 12.3. The van der Waals surface area contributed by atoms with Crippen molar-refractivity contribution < 1.29 is 9.53 Å². The highest BCUT2D eigenvalue weighted by molar-refractivity contribution is 6.76. The highest BCUT2D eigenvalue weighted by Crippen LogP contribution is 2.18. The first-order chi connectivity index (χ1) is 8.21. The molecule has 0 aliphatic rings. The van der Waals surface area contributed by atoms with Gasteiger partial charge >= 0.3 is 5.97 Å². The first-order valence-electron chi connectivity index (χ1n) is 6.42. The molecule has 18 heavy (non-hydrogen) atoms. The maximum Gasteiger partial charge on any atom is 0.310 e. The van der Waals surface area contributed by atoms with Gasteiger partial charge in [-0.15, -0.1) is 0 Å². The molecule has 0 saturated heterocycles. The fourth-order valence-corrected chi connectivity index (χ4v) is 3.64. The van der Waals surface area contributed by atoms with Gasteiger partial charge in [0.2, 0.25) is 0 Å². The highest BCUT2D eigenvalue weighted by Gasteiger charge is 2.28. The van der Waals surface area contributed by atoms with Gasteiger partial charge in [-0.1, -0.05) is 49.0 Å². The van der Waals surface area contributed by atoms with E-state index in [1.807, 2.05) is 26.8 Å². The van der Waals surface area contributed by atoms with Crippen LogP contribution in [0.4, 0.5) is 0 Å². The minimum Gasteiger partial charge on any atom is -0.469 e. The topological polar surface area (TPSA) is 26.3 Å². The van der Waals surface area contributed by atoms with Crippen LogP contribution in [0.3, 0.4) is 0 Å². The molecule has 0 fully saturated rings. The molecule has 2 nitrogen and oxygen atoms in total. The average molecular weight is 264 g/mol. The zero-order chi connectivity index (χ0) is 13.8. The second kappa shape index (κ2) is 5.70. The van der Waals surface area contributed by atoms with Gasteiger partial charge in [0.15, 0.2) is 0 Å². The number of hydrogen-bond acceptors (Lipinski definition) is 2. The van der Waals surface area contributed by atoms with Crippen LogP contribution in [0, 0.1) is 5.41 Å². The molecule has 0 aliphatic carbocycles. The van der Waals surface area contributed by atoms with E-state index in [-0.39, 0.29) is 5.97 Å². The summed E-state index contributed by atoms with van der Waals surface area (Å²) in [5.41, 5.74) is 0.929. The lowest BCUT2D eigenvalue weighted by Crippen LogP contribution is -2.39. The SMILES string of the molecule is CC(C)(C)C(=O)OC[Si](C)(C)Cc1ccccc1. The maximum absolute atomic E-state index is 11.8. The highest BCUT2D eigenvalue weighted by atomic mass is 28.3. The standard InChI is InChI=1S/C15H24O2Si/c1-15(2,3)14(16)17-12-18(4,5)11-13-9-7-6-8-10-13/h6-10H,11-12H2,1-5H3. The van der Waals surface area contributed by atoms with Gasteiger partial charge in [-0.3, -0.25) is 4.79 Å². The molecule has 0 aliphatic heterocycles. The predicted molar refractivity (Wildman–Crippen MR) is 78.0 cm³/mol. The van der Waals surface area contributed by atoms with Crippen molar-refractivity contribution in [2.45, 2.75) is 39.9 Å². The van der Waals surface area contributed by atoms with Gasteiger partial charge in [0.05, 0.1) is 19.7 Å². The van der Waals surface area contributed by atoms with Gasteiger partial charge in [0.25, 0.3) is 0 Å². The fourth-order valence-electron chi connectivity index (χ4n) is 1.68. The number of carbonyl (C=O) groups is 1. The number of esters is 1. The van der Waals surface area contributed by atoms with E-state index >= 15 is 0 Å². The zero-order valence-corrected chi connectivity index (χ0v) is 13.1. The molecular weight excluding hydrogens is 240 g/mol. The molecule has 1 aromatic rings. The van der Waals surface area contributed by atoms with Crippen molar-refractivity contribution in [2.75, 3.05) is 6.23 Å². The first-order valence-corrected chi connectivity index (χ1v) is 9.83. The van der Waals surface area contributed by atoms with Crippen LogP contribution in [0.1, 0.15) is 26.3 Å². The Morgan fingerprint density at radius 2 is 1.72 bits per heavy atom. The predicted octanol–water partition coefficient (Wildman–Crippen LogP) is 3.61. The van der Waals surface area contributed by atoms with Crippen molar-refractivity contribution >= 4 is 14.0 Å². The number of hydrogen-bond donors (Lipinski definition) is 0. The zero-order valence-electron chi connectivity index (χ0n) is 12.1. The summed E-state index contributed by atoms with van der Waals surface area (Å²) in [6.45, 7) is 10.2. The summed E-state index contributed by atoms with van der Waals surface area (Å²) in [6.07, 6.45) is 0.595. The summed E-state index contributed by atoms with van der Waals surface area (Å²) in [6, 6.07) is 11.5. The van der Waals surface area contributed by atoms with Crippen LogP contribution in [0.25, 0.3) is 0 Å². The smallest absolute Gasteiger partial charge is 0.310 e. The van der Waals surface area contributed by atoms with Crippen molar-refractivity contribution in [3.05, 3.63) is 35.9 Å². The van der Waals surface area contributed by atoms with Crippen molar-refractivity contribution in [3.63, 3.8) is 0 Å². The van der Waals surface area contributed by atoms with Gasteiger partial charge in [0.1, 0.15) is 0 Å². The van der Waals surface area contributed by atoms with E-state index in [4.69, 9.17) is 4.74 Å². The number of carbonyl (C=O) groups excluding carboxylic acids is 1. The van der Waals surface area contributed by atoms with Crippen LogP contribution < -0.4 is 0 Å². The Balaban J connectivity index is 2.53. The molecule has 0 amide bonds. The third-order valence-electron chi connectivity index (χ3n) is 2.73. The molecule has 0 saturated carbocycles. The van der Waals surface area contributed by atoms with Crippen LogP contribution in [0.5, 0.6) is 0 Å². The second-order valence-electron chi connectivity index (χ2n) is 6.65. The van der Waals surface area contributed by atoms with E-state index in [0.717, 1.165) is 6.04 Å². The monoisotopic (exact) mass is 264 g/mol. The number of ether oxygens (including phenoxy) is 1. The van der Waals surface area contributed by atoms with Gasteiger partial charge in [-0.05, 0) is 26.8 Å². The largest absolute Gasteiger partial charge is 0.469 e. The Labute approximate surface area is 111 Å². The van der Waals surface area contributed by atoms with Crippen LogP contribution in [-0.2, 0) is 15.6 Å². The number of rotatable bonds is 4. The Kier molecular flexibility index (Phi) is 4.74. The molecular formula is C15H24O2Si. The van der Waals surface area contributed by atoms with E-state index in [1.54, 1.807) is 0 Å². The molecule has 0 spiro atoms. The lowest BCUT2D eigenvalue weighted by atomic mass is 9.98. The van der Waals surface area contributed by atoms with Crippen molar-refractivity contribution in [2.24, 2.45) is 5.41 Å². The summed E-state index contributed by atoms with van der Waals surface area (Å²) < 4.78 is 5.47. The van der Waals surface area contributed by atoms with E-state index in [9.17, 15) is 4.79 Å². The maximum atomic E-state index is 11.8. The average Bonchev–Trinajstić information content (AvgIpc) is 2.25. The third-order valence-corrected chi connectivity index (χ3v) is 5.02. The summed E-state index contributed by atoms with van der Waals surface area (Å²) >= 11 is 0. The first kappa shape index (κ1) is 15.0. The quantitative estimate of drug-likeness (QED) is 0.613. The van der Waals surface area contributed by atoms with Gasteiger partial charge in [-0.2, -0.15) is 0 Å². The van der Waals surface area contributed by atoms with E-state index in [1.165, 1.54) is 5.56 Å². The fraction of sp³-hybridized carbons (Fsp3) is 0.533. The molecule has 1 aromatic carbocycles. The van der Waals surface area contributed by atoms with Crippen LogP contribution in [-0.4, -0.2) is 20.3 Å². The summed E-state index contributed by atoms with van der Waals surface area (Å²) in [4.78, 5) is 11.8. The summed E-state index contributed by atoms with van der Waals surface area (Å²) in [5, 5.41) is 0. The minimum atomic E-state index is -1.53. The molecule has 0 N–H and O–H groups in total. The van der Waals surface area contributed by atoms with Crippen molar-refractivity contribution in [3.8, 4) is 0 Å². The van der Waals surface area contributed by atoms with E-state index in [0.29, 0.717) is 6.23 Å². The Morgan fingerprint density at radius 1 is 1.17 bits per heavy atom. The Bertz CT molecular complexity index is 391. The van der Waals surface area contributed by atoms with Crippen molar-refractivity contribution in [1.29, 1.82) is 0 Å². The number of benzene rings is 1. The van der Waals surface area contributed by atoms with Crippen LogP contribution >= 0.6 is 0 Å². The molecule has 3 heteroatoms. The molecule has 100 valence electrons. The lowest BCUT2D eigenvalue weighted by Gasteiger charge is -2.25. The van der Waals surface area contributed by atoms with Gasteiger partial charge in [-0.25, -0.2) is 0 Å². The second-order valence-corrected chi connectivity index (χ2v) is 11.6. The van der Waals surface area contributed by atoms with E-state index < -0.39 is 13.5 Å². The van der Waals surface area contributed by atoms with Crippen molar-refractivity contribution in [1.82, 2.24) is 0 Å². The van der Waals surface area contributed by atoms with Crippen LogP contribution in [0.2, 0.25) is 13.1 Å². The summed E-state index contributed by atoms with van der Waals surface area (Å²) in [5.74, 6) is -0.101. The lowest BCUT2D eigenvalue weighted by molar-refractivity contribution is -0.151. The molecule has 0 radical (unpaired) electrons. The molecule has 0 bridgehead atoms. The van der Waals surface area contributed by atoms with Crippen LogP contribution in [0.15, 0.2) is 30.3 Å². The third kappa shape index (κ3) is 5.04. The Morgan fingerprint density at radius 3 is 2.22 bits per heavy atom. The molecule has 0 aromatic heterocycles. The Hall–Kier alpha value is -1.09. The summed E-state index contributed by atoms with van der Waals surface area (Å²) in [7, 11) is -1.53. The molecule has 0 atom stereocenters.